The molecule has 0 spiro atoms. The van der Waals surface area contributed by atoms with Crippen molar-refractivity contribution in [1.82, 2.24) is 4.98 Å². The fraction of sp³-hybridized carbons (Fsp3) is 0.286. The lowest BCUT2D eigenvalue weighted by Crippen LogP contribution is -2.02. The Hall–Kier alpha value is -1.90. The third kappa shape index (κ3) is 2.61. The van der Waals surface area contributed by atoms with Gasteiger partial charge in [-0.1, -0.05) is 18.2 Å². The fourth-order valence-electron chi connectivity index (χ4n) is 1.94. The van der Waals surface area contributed by atoms with Gasteiger partial charge in [0.25, 0.3) is 0 Å². The Morgan fingerprint density at radius 1 is 1.35 bits per heavy atom. The lowest BCUT2D eigenvalue weighted by molar-refractivity contribution is -0.140. The third-order valence-corrected chi connectivity index (χ3v) is 2.76. The van der Waals surface area contributed by atoms with Crippen LogP contribution in [0.1, 0.15) is 17.7 Å². The average Bonchev–Trinajstić information content (AvgIpc) is 2.35. The number of hydrogen-bond donors (Lipinski definition) is 0. The monoisotopic (exact) mass is 229 g/mol. The van der Waals surface area contributed by atoms with Gasteiger partial charge in [-0.05, 0) is 31.0 Å². The van der Waals surface area contributed by atoms with Crippen molar-refractivity contribution >= 4 is 16.9 Å². The first-order valence-corrected chi connectivity index (χ1v) is 5.63. The van der Waals surface area contributed by atoms with Crippen LogP contribution in [-0.2, 0) is 16.0 Å². The third-order valence-electron chi connectivity index (χ3n) is 2.76. The van der Waals surface area contributed by atoms with Crippen LogP contribution in [0.2, 0.25) is 0 Å². The van der Waals surface area contributed by atoms with Crippen molar-refractivity contribution in [2.24, 2.45) is 0 Å². The number of benzene rings is 1. The second kappa shape index (κ2) is 4.95. The Morgan fingerprint density at radius 2 is 2.12 bits per heavy atom. The molecule has 0 radical (unpaired) electrons. The van der Waals surface area contributed by atoms with Crippen LogP contribution in [0.3, 0.4) is 0 Å². The van der Waals surface area contributed by atoms with Crippen molar-refractivity contribution in [2.75, 3.05) is 7.11 Å². The summed E-state index contributed by atoms with van der Waals surface area (Å²) in [5, 5.41) is 1.11. The van der Waals surface area contributed by atoms with Gasteiger partial charge in [-0.2, -0.15) is 0 Å². The first-order chi connectivity index (χ1) is 8.20. The molecule has 0 aliphatic rings. The molecule has 2 aromatic rings. The highest BCUT2D eigenvalue weighted by molar-refractivity contribution is 5.83. The minimum atomic E-state index is -0.177. The molecule has 1 heterocycles. The molecule has 2 rings (SSSR count). The Kier molecular flexibility index (Phi) is 3.38. The molecule has 0 bridgehead atoms. The number of esters is 1. The highest BCUT2D eigenvalue weighted by atomic mass is 16.5. The van der Waals surface area contributed by atoms with Crippen LogP contribution in [0, 0.1) is 6.92 Å². The molecule has 88 valence electrons. The number of pyridine rings is 1. The highest BCUT2D eigenvalue weighted by Crippen LogP contribution is 2.19. The summed E-state index contributed by atoms with van der Waals surface area (Å²) in [5.41, 5.74) is 3.11. The second-order valence-corrected chi connectivity index (χ2v) is 4.02. The Morgan fingerprint density at radius 3 is 2.88 bits per heavy atom. The van der Waals surface area contributed by atoms with Crippen molar-refractivity contribution in [3.63, 3.8) is 0 Å². The number of aromatic nitrogens is 1. The molecule has 17 heavy (non-hydrogen) atoms. The topological polar surface area (TPSA) is 39.2 Å². The number of nitrogens with zero attached hydrogens (tertiary/aromatic N) is 1. The normalized spacial score (nSPS) is 10.5. The minimum absolute atomic E-state index is 0.177. The Balaban J connectivity index is 2.35. The van der Waals surface area contributed by atoms with Crippen LogP contribution in [0.15, 0.2) is 30.3 Å². The number of carbonyl (C=O) groups excluding carboxylic acids is 1. The molecule has 0 aliphatic heterocycles. The summed E-state index contributed by atoms with van der Waals surface area (Å²) in [6.45, 7) is 1.97. The SMILES string of the molecule is COC(=O)CCc1cc(C)nc2ccccc12. The first kappa shape index (κ1) is 11.6. The number of rotatable bonds is 3. The molecule has 1 aromatic heterocycles. The number of aryl methyl sites for hydroxylation is 2. The van der Waals surface area contributed by atoms with Gasteiger partial charge in [0.15, 0.2) is 0 Å². The summed E-state index contributed by atoms with van der Waals surface area (Å²) >= 11 is 0. The zero-order chi connectivity index (χ0) is 12.3. The lowest BCUT2D eigenvalue weighted by atomic mass is 10.0. The standard InChI is InChI=1S/C14H15NO2/c1-10-9-11(7-8-14(16)17-2)12-5-3-4-6-13(12)15-10/h3-6,9H,7-8H2,1-2H3. The van der Waals surface area contributed by atoms with E-state index in [1.54, 1.807) is 0 Å². The molecule has 0 unspecified atom stereocenters. The number of ether oxygens (including phenoxy) is 1. The van der Waals surface area contributed by atoms with E-state index in [2.05, 4.69) is 9.72 Å². The highest BCUT2D eigenvalue weighted by Gasteiger charge is 2.06. The van der Waals surface area contributed by atoms with E-state index >= 15 is 0 Å². The van der Waals surface area contributed by atoms with Crippen LogP contribution in [0.25, 0.3) is 10.9 Å². The lowest BCUT2D eigenvalue weighted by Gasteiger charge is -2.07. The van der Waals surface area contributed by atoms with Crippen LogP contribution < -0.4 is 0 Å². The maximum atomic E-state index is 11.2. The van der Waals surface area contributed by atoms with Gasteiger partial charge in [-0.15, -0.1) is 0 Å². The van der Waals surface area contributed by atoms with Gasteiger partial charge in [0.2, 0.25) is 0 Å². The molecule has 0 saturated carbocycles. The summed E-state index contributed by atoms with van der Waals surface area (Å²) in [7, 11) is 1.41. The van der Waals surface area contributed by atoms with Crippen molar-refractivity contribution in [3.8, 4) is 0 Å². The van der Waals surface area contributed by atoms with E-state index in [4.69, 9.17) is 0 Å². The predicted molar refractivity (Wildman–Crippen MR) is 66.8 cm³/mol. The van der Waals surface area contributed by atoms with Crippen LogP contribution in [0.5, 0.6) is 0 Å². The van der Waals surface area contributed by atoms with Gasteiger partial charge in [0, 0.05) is 17.5 Å². The van der Waals surface area contributed by atoms with E-state index in [0.717, 1.165) is 22.2 Å². The molecule has 0 saturated heterocycles. The maximum absolute atomic E-state index is 11.2. The maximum Gasteiger partial charge on any atom is 0.305 e. The van der Waals surface area contributed by atoms with Gasteiger partial charge >= 0.3 is 5.97 Å². The first-order valence-electron chi connectivity index (χ1n) is 5.63. The van der Waals surface area contributed by atoms with E-state index < -0.39 is 0 Å². The van der Waals surface area contributed by atoms with Crippen LogP contribution in [-0.4, -0.2) is 18.1 Å². The van der Waals surface area contributed by atoms with Crippen molar-refractivity contribution in [3.05, 3.63) is 41.6 Å². The van der Waals surface area contributed by atoms with Gasteiger partial charge in [-0.25, -0.2) is 0 Å². The van der Waals surface area contributed by atoms with E-state index in [9.17, 15) is 4.79 Å². The summed E-state index contributed by atoms with van der Waals surface area (Å²) < 4.78 is 4.66. The Labute approximate surface area is 100 Å². The average molecular weight is 229 g/mol. The minimum Gasteiger partial charge on any atom is -0.469 e. The number of carbonyl (C=O) groups is 1. The van der Waals surface area contributed by atoms with Crippen LogP contribution >= 0.6 is 0 Å². The molecule has 3 heteroatoms. The molecule has 0 amide bonds. The summed E-state index contributed by atoms with van der Waals surface area (Å²) in [6.07, 6.45) is 1.10. The summed E-state index contributed by atoms with van der Waals surface area (Å²) in [4.78, 5) is 15.6. The smallest absolute Gasteiger partial charge is 0.305 e. The predicted octanol–water partition coefficient (Wildman–Crippen LogP) is 2.65. The zero-order valence-electron chi connectivity index (χ0n) is 10.1. The fourth-order valence-corrected chi connectivity index (χ4v) is 1.94. The van der Waals surface area contributed by atoms with Crippen molar-refractivity contribution < 1.29 is 9.53 Å². The molecule has 0 atom stereocenters. The van der Waals surface area contributed by atoms with E-state index in [1.165, 1.54) is 7.11 Å². The summed E-state index contributed by atoms with van der Waals surface area (Å²) in [6, 6.07) is 10.0. The van der Waals surface area contributed by atoms with Crippen molar-refractivity contribution in [2.45, 2.75) is 19.8 Å². The molecule has 0 aliphatic carbocycles. The largest absolute Gasteiger partial charge is 0.469 e. The molecule has 0 fully saturated rings. The quantitative estimate of drug-likeness (QED) is 0.759. The van der Waals surface area contributed by atoms with E-state index in [-0.39, 0.29) is 5.97 Å². The number of methoxy groups -OCH3 is 1. The Bertz CT molecular complexity index is 549. The number of hydrogen-bond acceptors (Lipinski definition) is 3. The van der Waals surface area contributed by atoms with Gasteiger partial charge in [0.05, 0.1) is 12.6 Å². The zero-order valence-corrected chi connectivity index (χ0v) is 10.1. The second-order valence-electron chi connectivity index (χ2n) is 4.02. The molecule has 3 nitrogen and oxygen atoms in total. The molecular weight excluding hydrogens is 214 g/mol. The van der Waals surface area contributed by atoms with Gasteiger partial charge < -0.3 is 4.74 Å². The molecule has 0 N–H and O–H groups in total. The van der Waals surface area contributed by atoms with Crippen molar-refractivity contribution in [1.29, 1.82) is 0 Å². The van der Waals surface area contributed by atoms with Crippen LogP contribution in [0.4, 0.5) is 0 Å². The van der Waals surface area contributed by atoms with E-state index in [0.29, 0.717) is 12.8 Å². The number of fused-ring (bicyclic) bond motifs is 1. The number of para-hydroxylation sites is 1. The van der Waals surface area contributed by atoms with Gasteiger partial charge in [0.1, 0.15) is 0 Å². The molecule has 1 aromatic carbocycles. The molecular formula is C14H15NO2. The van der Waals surface area contributed by atoms with Gasteiger partial charge in [-0.3, -0.25) is 9.78 Å². The van der Waals surface area contributed by atoms with E-state index in [1.807, 2.05) is 37.3 Å². The summed E-state index contributed by atoms with van der Waals surface area (Å²) in [5.74, 6) is -0.177.